The van der Waals surface area contributed by atoms with Gasteiger partial charge in [0.15, 0.2) is 0 Å². The average molecular weight is 345 g/mol. The van der Waals surface area contributed by atoms with E-state index in [1.54, 1.807) is 0 Å². The number of thioether (sulfide) groups is 1. The predicted molar refractivity (Wildman–Crippen MR) is 109 cm³/mol. The van der Waals surface area contributed by atoms with Crippen molar-refractivity contribution in [3.05, 3.63) is 0 Å². The zero-order valence-electron chi connectivity index (χ0n) is 16.5. The van der Waals surface area contributed by atoms with Crippen molar-refractivity contribution in [2.24, 2.45) is 23.3 Å². The molecule has 140 valence electrons. The molecule has 0 spiro atoms. The molecule has 1 fully saturated rings. The van der Waals surface area contributed by atoms with Gasteiger partial charge in [0.25, 0.3) is 0 Å². The summed E-state index contributed by atoms with van der Waals surface area (Å²) in [5.41, 5.74) is 12.8. The van der Waals surface area contributed by atoms with Crippen LogP contribution in [-0.2, 0) is 0 Å². The smallest absolute Gasteiger partial charge is 0.0195 e. The van der Waals surface area contributed by atoms with Crippen LogP contribution in [0.4, 0.5) is 0 Å². The van der Waals surface area contributed by atoms with Crippen molar-refractivity contribution in [1.82, 2.24) is 0 Å². The third-order valence-corrected chi connectivity index (χ3v) is 6.72. The topological polar surface area (TPSA) is 52.0 Å². The predicted octanol–water partition coefficient (Wildman–Crippen LogP) is 5.59. The summed E-state index contributed by atoms with van der Waals surface area (Å²) in [6.45, 7) is 11.0. The Balaban J connectivity index is 0.00000232. The largest absolute Gasteiger partial charge is 0.326 e. The monoisotopic (exact) mass is 344 g/mol. The highest BCUT2D eigenvalue weighted by Crippen LogP contribution is 2.29. The summed E-state index contributed by atoms with van der Waals surface area (Å²) in [6, 6.07) is 0.375. The van der Waals surface area contributed by atoms with E-state index in [1.165, 1.54) is 50.7 Å². The first kappa shape index (κ1) is 23.3. The van der Waals surface area contributed by atoms with Crippen LogP contribution in [0.3, 0.4) is 0 Å². The Bertz CT molecular complexity index is 254. The first-order valence-corrected chi connectivity index (χ1v) is 11.2. The van der Waals surface area contributed by atoms with Crippen molar-refractivity contribution in [2.75, 3.05) is 5.75 Å². The Kier molecular flexibility index (Phi) is 14.8. The molecule has 4 unspecified atom stereocenters. The van der Waals surface area contributed by atoms with Crippen LogP contribution in [0.2, 0.25) is 0 Å². The number of nitrogens with two attached hydrogens (primary N) is 2. The van der Waals surface area contributed by atoms with E-state index in [1.807, 2.05) is 13.8 Å². The fraction of sp³-hybridized carbons (Fsp3) is 1.00. The van der Waals surface area contributed by atoms with Crippen LogP contribution in [0.25, 0.3) is 0 Å². The summed E-state index contributed by atoms with van der Waals surface area (Å²) in [5.74, 6) is 2.79. The second-order valence-corrected chi connectivity index (χ2v) is 8.70. The Morgan fingerprint density at radius 2 is 1.61 bits per heavy atom. The van der Waals surface area contributed by atoms with E-state index in [0.717, 1.165) is 18.8 Å². The Hall–Kier alpha value is 0.270. The van der Waals surface area contributed by atoms with Gasteiger partial charge in [-0.1, -0.05) is 73.1 Å². The molecule has 1 saturated carbocycles. The van der Waals surface area contributed by atoms with Crippen LogP contribution < -0.4 is 11.5 Å². The highest BCUT2D eigenvalue weighted by molar-refractivity contribution is 7.99. The van der Waals surface area contributed by atoms with Crippen molar-refractivity contribution in [3.8, 4) is 0 Å². The standard InChI is InChI=1S/C18H38N2S.C2H6/c1-4-5-11-21-15(3)14(2)12-17(19)18(20)13-16-9-7-6-8-10-16;1-2/h14-18H,4-13,19-20H2,1-3H3;1-2H3. The normalized spacial score (nSPS) is 21.0. The highest BCUT2D eigenvalue weighted by Gasteiger charge is 2.23. The molecule has 0 aliphatic heterocycles. The maximum atomic E-state index is 6.39. The molecule has 1 rings (SSSR count). The second-order valence-electron chi connectivity index (χ2n) is 7.21. The minimum absolute atomic E-state index is 0.177. The lowest BCUT2D eigenvalue weighted by molar-refractivity contribution is 0.290. The summed E-state index contributed by atoms with van der Waals surface area (Å²) in [7, 11) is 0. The van der Waals surface area contributed by atoms with Gasteiger partial charge >= 0.3 is 0 Å². The van der Waals surface area contributed by atoms with Crippen molar-refractivity contribution in [3.63, 3.8) is 0 Å². The van der Waals surface area contributed by atoms with E-state index in [2.05, 4.69) is 32.5 Å². The molecule has 0 saturated heterocycles. The first-order valence-electron chi connectivity index (χ1n) is 10.2. The van der Waals surface area contributed by atoms with E-state index in [-0.39, 0.29) is 12.1 Å². The summed E-state index contributed by atoms with van der Waals surface area (Å²) >= 11 is 2.10. The Morgan fingerprint density at radius 3 is 2.17 bits per heavy atom. The molecule has 0 heterocycles. The molecule has 1 aliphatic carbocycles. The maximum absolute atomic E-state index is 6.39. The summed E-state index contributed by atoms with van der Waals surface area (Å²) in [6.07, 6.45) is 11.8. The van der Waals surface area contributed by atoms with Crippen molar-refractivity contribution < 1.29 is 0 Å². The van der Waals surface area contributed by atoms with Crippen LogP contribution in [0.1, 0.15) is 92.4 Å². The lowest BCUT2D eigenvalue weighted by Crippen LogP contribution is -2.44. The molecule has 0 amide bonds. The zero-order chi connectivity index (χ0) is 17.7. The fourth-order valence-electron chi connectivity index (χ4n) is 3.36. The van der Waals surface area contributed by atoms with Gasteiger partial charge in [0.2, 0.25) is 0 Å². The van der Waals surface area contributed by atoms with Gasteiger partial charge in [-0.3, -0.25) is 0 Å². The molecule has 4 N–H and O–H groups in total. The molecule has 23 heavy (non-hydrogen) atoms. The molecule has 2 nitrogen and oxygen atoms in total. The average Bonchev–Trinajstić information content (AvgIpc) is 2.57. The number of rotatable bonds is 10. The highest BCUT2D eigenvalue weighted by atomic mass is 32.2. The molecule has 0 aromatic rings. The number of hydrogen-bond donors (Lipinski definition) is 2. The van der Waals surface area contributed by atoms with Crippen molar-refractivity contribution >= 4 is 11.8 Å². The van der Waals surface area contributed by atoms with Gasteiger partial charge in [-0.25, -0.2) is 0 Å². The lowest BCUT2D eigenvalue weighted by atomic mass is 9.82. The van der Waals surface area contributed by atoms with Gasteiger partial charge in [0.1, 0.15) is 0 Å². The van der Waals surface area contributed by atoms with E-state index in [4.69, 9.17) is 11.5 Å². The Labute approximate surface area is 150 Å². The maximum Gasteiger partial charge on any atom is 0.0195 e. The fourth-order valence-corrected chi connectivity index (χ4v) is 4.62. The summed E-state index contributed by atoms with van der Waals surface area (Å²) in [4.78, 5) is 0. The minimum atomic E-state index is 0.177. The lowest BCUT2D eigenvalue weighted by Gasteiger charge is -2.30. The van der Waals surface area contributed by atoms with Crippen LogP contribution in [0.5, 0.6) is 0 Å². The van der Waals surface area contributed by atoms with Gasteiger partial charge in [0, 0.05) is 17.3 Å². The Morgan fingerprint density at radius 1 is 1.00 bits per heavy atom. The van der Waals surface area contributed by atoms with Gasteiger partial charge in [-0.15, -0.1) is 0 Å². The van der Waals surface area contributed by atoms with Crippen molar-refractivity contribution in [1.29, 1.82) is 0 Å². The quantitative estimate of drug-likeness (QED) is 0.508. The van der Waals surface area contributed by atoms with Gasteiger partial charge < -0.3 is 11.5 Å². The molecule has 0 aromatic heterocycles. The van der Waals surface area contributed by atoms with Crippen molar-refractivity contribution in [2.45, 2.75) is 110 Å². The third-order valence-electron chi connectivity index (χ3n) is 5.20. The van der Waals surface area contributed by atoms with E-state index < -0.39 is 0 Å². The third kappa shape index (κ3) is 10.7. The SMILES string of the molecule is CC.CCCCSC(C)C(C)CC(N)C(N)CC1CCCCC1. The van der Waals surface area contributed by atoms with E-state index >= 15 is 0 Å². The first-order chi connectivity index (χ1) is 11.0. The molecular weight excluding hydrogens is 300 g/mol. The molecule has 0 radical (unpaired) electrons. The van der Waals surface area contributed by atoms with Gasteiger partial charge in [-0.2, -0.15) is 11.8 Å². The van der Waals surface area contributed by atoms with Crippen LogP contribution in [-0.4, -0.2) is 23.1 Å². The molecule has 0 bridgehead atoms. The minimum Gasteiger partial charge on any atom is -0.326 e. The van der Waals surface area contributed by atoms with Gasteiger partial charge in [0.05, 0.1) is 0 Å². The van der Waals surface area contributed by atoms with Gasteiger partial charge in [-0.05, 0) is 36.9 Å². The molecule has 1 aliphatic rings. The zero-order valence-corrected chi connectivity index (χ0v) is 17.3. The van der Waals surface area contributed by atoms with Crippen LogP contribution in [0.15, 0.2) is 0 Å². The second kappa shape index (κ2) is 14.6. The van der Waals surface area contributed by atoms with Crippen LogP contribution in [0, 0.1) is 11.8 Å². The summed E-state index contributed by atoms with van der Waals surface area (Å²) < 4.78 is 0. The molecule has 4 atom stereocenters. The van der Waals surface area contributed by atoms with E-state index in [0.29, 0.717) is 11.2 Å². The van der Waals surface area contributed by atoms with E-state index in [9.17, 15) is 0 Å². The molecule has 3 heteroatoms. The number of hydrogen-bond acceptors (Lipinski definition) is 3. The molecule has 0 aromatic carbocycles. The van der Waals surface area contributed by atoms with Crippen LogP contribution >= 0.6 is 11.8 Å². The molecular formula is C20H44N2S. The number of unbranched alkanes of at least 4 members (excludes halogenated alkanes) is 1. The summed E-state index contributed by atoms with van der Waals surface area (Å²) in [5, 5.41) is 0.699.